The number of carbonyl (C=O) groups is 11. The highest BCUT2D eigenvalue weighted by atomic mass is 16.6. The third-order valence-corrected chi connectivity index (χ3v) is 20.6. The van der Waals surface area contributed by atoms with Gasteiger partial charge in [0.2, 0.25) is 23.6 Å². The lowest BCUT2D eigenvalue weighted by Crippen LogP contribution is -2.34. The molecule has 10 N–H and O–H groups in total. The van der Waals surface area contributed by atoms with Crippen LogP contribution in [0.2, 0.25) is 0 Å². The van der Waals surface area contributed by atoms with Gasteiger partial charge in [-0.05, 0) is 244 Å². The number of unbranched alkanes of at least 4 members (excludes halogenated alkanes) is 3. The Morgan fingerprint density at radius 3 is 1.05 bits per heavy atom. The molecule has 0 atom stereocenters. The number of esters is 1. The van der Waals surface area contributed by atoms with E-state index in [1.807, 2.05) is 81.4 Å². The van der Waals surface area contributed by atoms with Crippen molar-refractivity contribution in [3.05, 3.63) is 143 Å². The maximum absolute atomic E-state index is 11.9. The number of rotatable bonds is 45. The van der Waals surface area contributed by atoms with E-state index in [1.165, 1.54) is 87.8 Å². The highest BCUT2D eigenvalue weighted by molar-refractivity contribution is 5.98. The summed E-state index contributed by atoms with van der Waals surface area (Å²) in [6, 6.07) is 31.2. The standard InChI is InChI=1S/C15H21NO3.C15H27NO3.C15H21NO3.C14H21NO.C13H25NO.C13H19NO.C11H22O2.C8H17NO/c1-11(2)6-3-4-9-16-14(17)12-7-5-8-13(10-12)15(18)19;2*1-11(2)5-3-4-10-16-14(17)12-6-8-13(9-7-12)15(18)19;1-12(2)7-6-10-15-14(16)11-13-8-4-3-5-9-13;2*1-11(2)7-6-10-14-13(15)12-8-4-3-5-9-12;1-9(2)7-6-8-10(12)13-11(3,4)5;1-7(2)5-4-6-9-8(3)10/h5,7-8,10-11H,3-4,6,9H2,1-2H3,(H,16,17)(H,18,19);11-13H,3-10H2,1-2H3,(H,16,17)(H,18,19);6-9,11H,3-5,10H2,1-2H3,(H,16,17)(H,18,19);3-5,8-9,12H,6-7,10-11H2,1-2H3,(H,15,16);11-12H,3-10H2,1-2H3,(H,14,15);3-5,8-9,11H,6-7,10H2,1-2H3,(H,14,15);9H,6-8H2,1-5H3;7H,4-6H2,1-3H3,(H,9,10). The molecule has 714 valence electrons. The van der Waals surface area contributed by atoms with Crippen molar-refractivity contribution in [2.24, 2.45) is 65.1 Å². The zero-order valence-corrected chi connectivity index (χ0v) is 81.6. The number of carboxylic acids is 3. The van der Waals surface area contributed by atoms with Crippen LogP contribution in [-0.2, 0) is 39.9 Å². The summed E-state index contributed by atoms with van der Waals surface area (Å²) in [5.41, 5.74) is 2.68. The summed E-state index contributed by atoms with van der Waals surface area (Å²) in [5.74, 6) is 3.27. The Kier molecular flexibility index (Phi) is 70.0. The van der Waals surface area contributed by atoms with Crippen molar-refractivity contribution in [3.63, 3.8) is 0 Å². The van der Waals surface area contributed by atoms with Crippen LogP contribution in [0.25, 0.3) is 0 Å². The molecular formula is C104H173N7O15. The second-order valence-electron chi connectivity index (χ2n) is 37.9. The fraction of sp³-hybridized carbons (Fsp3) is 0.663. The SMILES string of the molecule is CC(=O)NCCCC(C)C.CC(C)CCCC(=O)OC(C)(C)C.CC(C)CCCCNC(=O)C1CCC(C(=O)O)CC1.CC(C)CCCCNC(=O)c1ccc(C(=O)O)cc1.CC(C)CCCCNC(=O)c1cccc(C(=O)O)c1.CC(C)CCCNC(=O)C1CCCCC1.CC(C)CCCNC(=O)Cc1ccccc1.CC(C)CCCNC(=O)c1ccccc1. The Bertz CT molecular complexity index is 3540. The van der Waals surface area contributed by atoms with Crippen LogP contribution in [0.1, 0.15) is 382 Å². The van der Waals surface area contributed by atoms with Crippen LogP contribution in [0.5, 0.6) is 0 Å². The zero-order valence-electron chi connectivity index (χ0n) is 81.6. The van der Waals surface area contributed by atoms with Gasteiger partial charge < -0.3 is 57.3 Å². The molecule has 2 aliphatic rings. The first-order valence-electron chi connectivity index (χ1n) is 47.6. The van der Waals surface area contributed by atoms with Crippen LogP contribution < -0.4 is 37.2 Å². The van der Waals surface area contributed by atoms with Gasteiger partial charge in [-0.1, -0.05) is 230 Å². The molecule has 0 unspecified atom stereocenters. The van der Waals surface area contributed by atoms with Gasteiger partial charge in [-0.15, -0.1) is 0 Å². The summed E-state index contributed by atoms with van der Waals surface area (Å²) in [6.45, 7) is 47.6. The third kappa shape index (κ3) is 72.1. The van der Waals surface area contributed by atoms with Crippen LogP contribution in [0.15, 0.2) is 109 Å². The summed E-state index contributed by atoms with van der Waals surface area (Å²) in [7, 11) is 0. The summed E-state index contributed by atoms with van der Waals surface area (Å²) >= 11 is 0. The van der Waals surface area contributed by atoms with Crippen LogP contribution in [-0.4, -0.2) is 132 Å². The number of hydrogen-bond donors (Lipinski definition) is 10. The Morgan fingerprint density at radius 1 is 0.333 bits per heavy atom. The fourth-order valence-electron chi connectivity index (χ4n) is 13.2. The first kappa shape index (κ1) is 119. The van der Waals surface area contributed by atoms with Gasteiger partial charge in [0.1, 0.15) is 5.60 Å². The van der Waals surface area contributed by atoms with E-state index < -0.39 is 17.9 Å². The molecule has 0 spiro atoms. The smallest absolute Gasteiger partial charge is 0.335 e. The molecule has 22 heteroatoms. The lowest BCUT2D eigenvalue weighted by atomic mass is 9.81. The van der Waals surface area contributed by atoms with Gasteiger partial charge in [0.25, 0.3) is 17.7 Å². The number of carboxylic acid groups (broad SMARTS) is 3. The van der Waals surface area contributed by atoms with E-state index in [-0.39, 0.29) is 70.0 Å². The molecule has 6 rings (SSSR count). The number of amides is 7. The topological polar surface area (TPSA) is 342 Å². The van der Waals surface area contributed by atoms with Crippen LogP contribution in [0, 0.1) is 65.1 Å². The van der Waals surface area contributed by atoms with Gasteiger partial charge in [-0.2, -0.15) is 0 Å². The first-order valence-corrected chi connectivity index (χ1v) is 47.6. The lowest BCUT2D eigenvalue weighted by molar-refractivity contribution is -0.155. The number of aliphatic carboxylic acids is 1. The largest absolute Gasteiger partial charge is 0.481 e. The maximum Gasteiger partial charge on any atom is 0.335 e. The Hall–Kier alpha value is -8.95. The molecule has 0 aliphatic heterocycles. The summed E-state index contributed by atoms with van der Waals surface area (Å²) < 4.78 is 5.18. The predicted octanol–water partition coefficient (Wildman–Crippen LogP) is 22.2. The molecule has 2 aliphatic carbocycles. The van der Waals surface area contributed by atoms with E-state index in [1.54, 1.807) is 19.1 Å². The minimum Gasteiger partial charge on any atom is -0.481 e. The molecule has 2 fully saturated rings. The molecule has 0 radical (unpaired) electrons. The van der Waals surface area contributed by atoms with Crippen molar-refractivity contribution >= 4 is 65.2 Å². The highest BCUT2D eigenvalue weighted by Gasteiger charge is 2.30. The summed E-state index contributed by atoms with van der Waals surface area (Å²) in [5, 5.41) is 46.8. The molecule has 0 aromatic heterocycles. The van der Waals surface area contributed by atoms with E-state index in [2.05, 4.69) is 148 Å². The average molecular weight is 1760 g/mol. The second kappa shape index (κ2) is 74.0. The van der Waals surface area contributed by atoms with Crippen LogP contribution in [0.4, 0.5) is 0 Å². The monoisotopic (exact) mass is 1760 g/mol. The fourth-order valence-corrected chi connectivity index (χ4v) is 13.2. The Morgan fingerprint density at radius 2 is 0.651 bits per heavy atom. The van der Waals surface area contributed by atoms with Crippen molar-refractivity contribution < 1.29 is 72.8 Å². The quantitative estimate of drug-likeness (QED) is 0.0145. The number of hydrogen-bond acceptors (Lipinski definition) is 12. The van der Waals surface area contributed by atoms with E-state index in [9.17, 15) is 52.7 Å². The van der Waals surface area contributed by atoms with Crippen molar-refractivity contribution in [3.8, 4) is 0 Å². The second-order valence-corrected chi connectivity index (χ2v) is 37.9. The minimum atomic E-state index is -1.02. The third-order valence-electron chi connectivity index (χ3n) is 20.6. The molecule has 4 aromatic carbocycles. The number of carbonyl (C=O) groups excluding carboxylic acids is 8. The lowest BCUT2D eigenvalue weighted by Gasteiger charge is -2.25. The van der Waals surface area contributed by atoms with E-state index in [4.69, 9.17) is 20.1 Å². The van der Waals surface area contributed by atoms with Gasteiger partial charge in [0.15, 0.2) is 0 Å². The molecule has 22 nitrogen and oxygen atoms in total. The van der Waals surface area contributed by atoms with Gasteiger partial charge in [-0.25, -0.2) is 9.59 Å². The van der Waals surface area contributed by atoms with Gasteiger partial charge in [0.05, 0.1) is 23.5 Å². The zero-order chi connectivity index (χ0) is 95.2. The maximum atomic E-state index is 11.9. The molecule has 126 heavy (non-hydrogen) atoms. The molecule has 4 aromatic rings. The number of benzene rings is 4. The van der Waals surface area contributed by atoms with Crippen LogP contribution >= 0.6 is 0 Å². The Balaban J connectivity index is 0. The molecule has 0 saturated heterocycles. The van der Waals surface area contributed by atoms with Crippen molar-refractivity contribution in [1.82, 2.24) is 37.2 Å². The Labute approximate surface area is 761 Å². The van der Waals surface area contributed by atoms with Crippen molar-refractivity contribution in [2.75, 3.05) is 45.8 Å². The molecule has 2 saturated carbocycles. The van der Waals surface area contributed by atoms with Gasteiger partial charge in [-0.3, -0.25) is 43.2 Å². The normalized spacial score (nSPS) is 13.4. The molecule has 7 amide bonds. The van der Waals surface area contributed by atoms with Gasteiger partial charge in [0, 0.05) is 87.7 Å². The van der Waals surface area contributed by atoms with E-state index in [0.29, 0.717) is 91.3 Å². The molecule has 0 heterocycles. The minimum absolute atomic E-state index is 0.0272. The van der Waals surface area contributed by atoms with E-state index >= 15 is 0 Å². The van der Waals surface area contributed by atoms with Crippen LogP contribution in [0.3, 0.4) is 0 Å². The van der Waals surface area contributed by atoms with E-state index in [0.717, 1.165) is 177 Å². The number of ether oxygens (including phenoxy) is 1. The molecule has 0 bridgehead atoms. The van der Waals surface area contributed by atoms with Crippen molar-refractivity contribution in [1.29, 1.82) is 0 Å². The highest BCUT2D eigenvalue weighted by Crippen LogP contribution is 2.29. The predicted molar refractivity (Wildman–Crippen MR) is 515 cm³/mol. The van der Waals surface area contributed by atoms with Gasteiger partial charge >= 0.3 is 23.9 Å². The first-order chi connectivity index (χ1) is 59.5. The number of aromatic carboxylic acids is 2. The number of nitrogens with one attached hydrogen (secondary N) is 7. The van der Waals surface area contributed by atoms with Crippen molar-refractivity contribution in [2.45, 2.75) is 337 Å². The molecular weight excluding hydrogens is 1590 g/mol. The summed E-state index contributed by atoms with van der Waals surface area (Å²) in [6.07, 6.45) is 30.7. The summed E-state index contributed by atoms with van der Waals surface area (Å²) in [4.78, 5) is 124. The average Bonchev–Trinajstić information content (AvgIpc) is 0.905.